The summed E-state index contributed by atoms with van der Waals surface area (Å²) in [5.74, 6) is -0.339. The van der Waals surface area contributed by atoms with Crippen LogP contribution in [0.5, 0.6) is 5.75 Å². The molecule has 1 aliphatic heterocycles. The van der Waals surface area contributed by atoms with Gasteiger partial charge in [0.25, 0.3) is 0 Å². The van der Waals surface area contributed by atoms with E-state index in [1.54, 1.807) is 12.1 Å². The standard InChI is InChI=1S/C15H23FN2O/c1-11-10-17(3)7-4-8-18(11)12(2)14-6-5-13(19)9-15(14)16/h5-6,9,11-12,19H,4,7-8,10H2,1-3H3. The van der Waals surface area contributed by atoms with Crippen LogP contribution in [0.15, 0.2) is 18.2 Å². The van der Waals surface area contributed by atoms with Gasteiger partial charge in [-0.3, -0.25) is 4.90 Å². The molecule has 1 aliphatic rings. The number of benzene rings is 1. The minimum absolute atomic E-state index is 0.0166. The zero-order valence-electron chi connectivity index (χ0n) is 11.9. The summed E-state index contributed by atoms with van der Waals surface area (Å²) in [6.45, 7) is 7.30. The van der Waals surface area contributed by atoms with E-state index >= 15 is 0 Å². The lowest BCUT2D eigenvalue weighted by molar-refractivity contribution is 0.150. The van der Waals surface area contributed by atoms with Crippen molar-refractivity contribution in [1.82, 2.24) is 9.80 Å². The molecule has 1 aromatic carbocycles. The van der Waals surface area contributed by atoms with Gasteiger partial charge in [-0.25, -0.2) is 4.39 Å². The van der Waals surface area contributed by atoms with Crippen LogP contribution < -0.4 is 0 Å². The summed E-state index contributed by atoms with van der Waals surface area (Å²) in [7, 11) is 2.13. The highest BCUT2D eigenvalue weighted by molar-refractivity contribution is 5.29. The highest BCUT2D eigenvalue weighted by Gasteiger charge is 2.26. The molecule has 3 nitrogen and oxygen atoms in total. The fraction of sp³-hybridized carbons (Fsp3) is 0.600. The Morgan fingerprint density at radius 2 is 2.11 bits per heavy atom. The zero-order valence-corrected chi connectivity index (χ0v) is 11.9. The van der Waals surface area contributed by atoms with Crippen molar-refractivity contribution >= 4 is 0 Å². The molecule has 0 saturated carbocycles. The second kappa shape index (κ2) is 5.88. The normalized spacial score (nSPS) is 24.1. The van der Waals surface area contributed by atoms with Crippen LogP contribution in [-0.4, -0.2) is 47.6 Å². The van der Waals surface area contributed by atoms with Crippen LogP contribution in [0.25, 0.3) is 0 Å². The van der Waals surface area contributed by atoms with Crippen molar-refractivity contribution in [3.8, 4) is 5.75 Å². The Hall–Kier alpha value is -1.13. The smallest absolute Gasteiger partial charge is 0.131 e. The molecule has 2 atom stereocenters. The SMILES string of the molecule is CC1CN(C)CCCN1C(C)c1ccc(O)cc1F. The van der Waals surface area contributed by atoms with Crippen molar-refractivity contribution in [1.29, 1.82) is 0 Å². The van der Waals surface area contributed by atoms with Gasteiger partial charge in [0.1, 0.15) is 11.6 Å². The van der Waals surface area contributed by atoms with Crippen LogP contribution >= 0.6 is 0 Å². The number of likely N-dealkylation sites (N-methyl/N-ethyl adjacent to an activating group) is 1. The van der Waals surface area contributed by atoms with Crippen LogP contribution in [0, 0.1) is 5.82 Å². The third kappa shape index (κ3) is 3.25. The largest absolute Gasteiger partial charge is 0.508 e. The average molecular weight is 266 g/mol. The first-order chi connectivity index (χ1) is 8.99. The van der Waals surface area contributed by atoms with Crippen molar-refractivity contribution in [3.05, 3.63) is 29.6 Å². The van der Waals surface area contributed by atoms with Gasteiger partial charge < -0.3 is 10.0 Å². The lowest BCUT2D eigenvalue weighted by Gasteiger charge is -2.34. The van der Waals surface area contributed by atoms with Crippen LogP contribution in [0.2, 0.25) is 0 Å². The maximum absolute atomic E-state index is 14.0. The van der Waals surface area contributed by atoms with E-state index in [1.165, 1.54) is 6.07 Å². The van der Waals surface area contributed by atoms with Gasteiger partial charge in [0.15, 0.2) is 0 Å². The van der Waals surface area contributed by atoms with Gasteiger partial charge in [-0.05, 0) is 39.9 Å². The maximum Gasteiger partial charge on any atom is 0.131 e. The average Bonchev–Trinajstić information content (AvgIpc) is 2.49. The van der Waals surface area contributed by atoms with Gasteiger partial charge in [0.05, 0.1) is 0 Å². The number of halogens is 1. The lowest BCUT2D eigenvalue weighted by Crippen LogP contribution is -2.39. The summed E-state index contributed by atoms with van der Waals surface area (Å²) in [6.07, 6.45) is 1.10. The molecular formula is C15H23FN2O. The fourth-order valence-electron chi connectivity index (χ4n) is 3.00. The Morgan fingerprint density at radius 1 is 1.37 bits per heavy atom. The molecule has 106 valence electrons. The molecule has 1 fully saturated rings. The number of aromatic hydroxyl groups is 1. The van der Waals surface area contributed by atoms with Crippen molar-refractivity contribution < 1.29 is 9.50 Å². The molecule has 1 aromatic rings. The maximum atomic E-state index is 14.0. The van der Waals surface area contributed by atoms with E-state index in [2.05, 4.69) is 23.8 Å². The molecule has 1 heterocycles. The summed E-state index contributed by atoms with van der Waals surface area (Å²) in [5.41, 5.74) is 0.661. The molecule has 0 spiro atoms. The number of nitrogens with zero attached hydrogens (tertiary/aromatic N) is 2. The van der Waals surface area contributed by atoms with E-state index in [-0.39, 0.29) is 17.6 Å². The Morgan fingerprint density at radius 3 is 2.79 bits per heavy atom. The van der Waals surface area contributed by atoms with E-state index in [0.717, 1.165) is 26.1 Å². The number of hydrogen-bond acceptors (Lipinski definition) is 3. The molecule has 0 radical (unpaired) electrons. The third-order valence-corrected chi connectivity index (χ3v) is 4.03. The quantitative estimate of drug-likeness (QED) is 0.891. The molecule has 1 saturated heterocycles. The Kier molecular flexibility index (Phi) is 4.42. The summed E-state index contributed by atoms with van der Waals surface area (Å²) in [6, 6.07) is 4.87. The second-order valence-electron chi connectivity index (χ2n) is 5.58. The van der Waals surface area contributed by atoms with Gasteiger partial charge >= 0.3 is 0 Å². The van der Waals surface area contributed by atoms with Crippen molar-refractivity contribution in [2.45, 2.75) is 32.4 Å². The van der Waals surface area contributed by atoms with E-state index in [9.17, 15) is 9.50 Å². The van der Waals surface area contributed by atoms with Crippen LogP contribution in [0.1, 0.15) is 31.9 Å². The highest BCUT2D eigenvalue weighted by atomic mass is 19.1. The van der Waals surface area contributed by atoms with Crippen molar-refractivity contribution in [3.63, 3.8) is 0 Å². The molecule has 0 aliphatic carbocycles. The molecule has 4 heteroatoms. The van der Waals surface area contributed by atoms with Crippen molar-refractivity contribution in [2.75, 3.05) is 26.7 Å². The fourth-order valence-corrected chi connectivity index (χ4v) is 3.00. The number of phenolic OH excluding ortho intramolecular Hbond substituents is 1. The van der Waals surface area contributed by atoms with Crippen molar-refractivity contribution in [2.24, 2.45) is 0 Å². The van der Waals surface area contributed by atoms with E-state index in [1.807, 2.05) is 6.92 Å². The first-order valence-corrected chi connectivity index (χ1v) is 6.91. The Bertz CT molecular complexity index is 438. The summed E-state index contributed by atoms with van der Waals surface area (Å²) in [5, 5.41) is 9.30. The Labute approximate surface area is 114 Å². The molecule has 19 heavy (non-hydrogen) atoms. The van der Waals surface area contributed by atoms with Gasteiger partial charge in [-0.2, -0.15) is 0 Å². The van der Waals surface area contributed by atoms with Crippen LogP contribution in [0.3, 0.4) is 0 Å². The number of rotatable bonds is 2. The highest BCUT2D eigenvalue weighted by Crippen LogP contribution is 2.28. The molecule has 2 rings (SSSR count). The monoisotopic (exact) mass is 266 g/mol. The molecule has 0 aromatic heterocycles. The minimum Gasteiger partial charge on any atom is -0.508 e. The molecule has 0 amide bonds. The zero-order chi connectivity index (χ0) is 14.0. The number of phenols is 1. The third-order valence-electron chi connectivity index (χ3n) is 4.03. The molecule has 1 N–H and O–H groups in total. The van der Waals surface area contributed by atoms with Crippen LogP contribution in [0.4, 0.5) is 4.39 Å². The van der Waals surface area contributed by atoms with Gasteiger partial charge in [0.2, 0.25) is 0 Å². The van der Waals surface area contributed by atoms with Gasteiger partial charge in [-0.1, -0.05) is 6.07 Å². The predicted molar refractivity (Wildman–Crippen MR) is 74.8 cm³/mol. The lowest BCUT2D eigenvalue weighted by atomic mass is 10.0. The second-order valence-corrected chi connectivity index (χ2v) is 5.58. The first-order valence-electron chi connectivity index (χ1n) is 6.91. The van der Waals surface area contributed by atoms with Gasteiger partial charge in [0, 0.05) is 36.8 Å². The van der Waals surface area contributed by atoms with E-state index in [4.69, 9.17) is 0 Å². The number of hydrogen-bond donors (Lipinski definition) is 1. The summed E-state index contributed by atoms with van der Waals surface area (Å²) in [4.78, 5) is 4.67. The minimum atomic E-state index is -0.322. The Balaban J connectivity index is 2.19. The molecular weight excluding hydrogens is 243 g/mol. The van der Waals surface area contributed by atoms with Gasteiger partial charge in [-0.15, -0.1) is 0 Å². The summed E-state index contributed by atoms with van der Waals surface area (Å²) >= 11 is 0. The van der Waals surface area contributed by atoms with Crippen LogP contribution in [-0.2, 0) is 0 Å². The molecule has 2 unspecified atom stereocenters. The summed E-state index contributed by atoms with van der Waals surface area (Å²) < 4.78 is 14.0. The first kappa shape index (κ1) is 14.3. The topological polar surface area (TPSA) is 26.7 Å². The predicted octanol–water partition coefficient (Wildman–Crippen LogP) is 2.62. The van der Waals surface area contributed by atoms with E-state index in [0.29, 0.717) is 11.6 Å². The molecule has 0 bridgehead atoms. The van der Waals surface area contributed by atoms with E-state index < -0.39 is 0 Å².